The van der Waals surface area contributed by atoms with E-state index in [4.69, 9.17) is 0 Å². The van der Waals surface area contributed by atoms with E-state index in [-0.39, 0.29) is 0 Å². The van der Waals surface area contributed by atoms with Gasteiger partial charge in [-0.25, -0.2) is 0 Å². The molecule has 0 unspecified atom stereocenters. The van der Waals surface area contributed by atoms with Gasteiger partial charge in [-0.3, -0.25) is 0 Å². The fraction of sp³-hybridized carbons (Fsp3) is 0.444. The number of hydrogen-bond donors (Lipinski definition) is 0. The summed E-state index contributed by atoms with van der Waals surface area (Å²) in [4.78, 5) is 0. The lowest BCUT2D eigenvalue weighted by Gasteiger charge is -2.00. The summed E-state index contributed by atoms with van der Waals surface area (Å²) in [7, 11) is 0. The maximum Gasteiger partial charge on any atom is -0.00592 e. The first-order valence-corrected chi connectivity index (χ1v) is 3.52. The van der Waals surface area contributed by atoms with Crippen molar-refractivity contribution in [3.8, 4) is 0 Å². The number of hydrogen-bond acceptors (Lipinski definition) is 0. The third kappa shape index (κ3) is 1.91. The van der Waals surface area contributed by atoms with Gasteiger partial charge in [0, 0.05) is 0 Å². The zero-order valence-corrected chi connectivity index (χ0v) is 5.85. The van der Waals surface area contributed by atoms with Gasteiger partial charge in [-0.1, -0.05) is 25.0 Å². The largest absolute Gasteiger partial charge is 0.125 e. The van der Waals surface area contributed by atoms with Crippen LogP contribution in [0.4, 0.5) is 0 Å². The van der Waals surface area contributed by atoms with Crippen molar-refractivity contribution in [2.45, 2.75) is 26.2 Å². The zero-order chi connectivity index (χ0) is 6.53. The van der Waals surface area contributed by atoms with Crippen molar-refractivity contribution in [3.05, 3.63) is 29.5 Å². The number of rotatable bonds is 2. The molecule has 0 aromatic rings. The molecule has 0 saturated carbocycles. The van der Waals surface area contributed by atoms with Gasteiger partial charge in [0.15, 0.2) is 0 Å². The molecule has 1 aliphatic rings. The molecule has 0 nitrogen and oxygen atoms in total. The Hall–Kier alpha value is -0.740. The zero-order valence-electron chi connectivity index (χ0n) is 5.85. The molecule has 0 fully saturated rings. The Morgan fingerprint density at radius 1 is 1.67 bits per heavy atom. The summed E-state index contributed by atoms with van der Waals surface area (Å²) in [5.41, 5.74) is 4.58. The molecule has 0 heteroatoms. The van der Waals surface area contributed by atoms with Crippen LogP contribution in [0.2, 0.25) is 0 Å². The average Bonchev–Trinajstić information content (AvgIpc) is 1.91. The molecule has 0 N–H and O–H groups in total. The first kappa shape index (κ1) is 6.38. The molecule has 0 bridgehead atoms. The second-order valence-corrected chi connectivity index (χ2v) is 2.32. The van der Waals surface area contributed by atoms with Crippen LogP contribution in [0.5, 0.6) is 0 Å². The lowest BCUT2D eigenvalue weighted by atomic mass is 10.1. The highest BCUT2D eigenvalue weighted by molar-refractivity contribution is 5.19. The monoisotopic (exact) mass is 120 g/mol. The van der Waals surface area contributed by atoms with Crippen molar-refractivity contribution in [3.63, 3.8) is 0 Å². The van der Waals surface area contributed by atoms with E-state index in [9.17, 15) is 0 Å². The fourth-order valence-electron chi connectivity index (χ4n) is 0.999. The first-order chi connectivity index (χ1) is 4.43. The lowest BCUT2D eigenvalue weighted by molar-refractivity contribution is 0.878. The van der Waals surface area contributed by atoms with Crippen molar-refractivity contribution in [2.75, 3.05) is 0 Å². The molecule has 0 aromatic heterocycles. The van der Waals surface area contributed by atoms with E-state index in [2.05, 4.69) is 24.8 Å². The van der Waals surface area contributed by atoms with E-state index in [1.807, 2.05) is 6.08 Å². The average molecular weight is 120 g/mol. The summed E-state index contributed by atoms with van der Waals surface area (Å²) < 4.78 is 0. The highest BCUT2D eigenvalue weighted by Crippen LogP contribution is 2.12. The topological polar surface area (TPSA) is 0 Å². The molecule has 0 aromatic carbocycles. The molecule has 0 heterocycles. The molecular formula is C9H12. The summed E-state index contributed by atoms with van der Waals surface area (Å²) in [6.07, 6.45) is 9.87. The standard InChI is InChI=1S/C9H12/c1-2-6-9-7-4-3-5-8-9/h4-5,7H,2,6,8H2,1H3. The molecule has 0 spiro atoms. The molecule has 1 rings (SSSR count). The van der Waals surface area contributed by atoms with Crippen LogP contribution in [0, 0.1) is 0 Å². The Kier molecular flexibility index (Phi) is 2.35. The van der Waals surface area contributed by atoms with Crippen LogP contribution in [-0.4, -0.2) is 0 Å². The van der Waals surface area contributed by atoms with Gasteiger partial charge in [0.25, 0.3) is 0 Å². The van der Waals surface area contributed by atoms with E-state index in [0.717, 1.165) is 6.42 Å². The predicted octanol–water partition coefficient (Wildman–Crippen LogP) is 2.83. The smallest absolute Gasteiger partial charge is 0.00592 e. The van der Waals surface area contributed by atoms with Gasteiger partial charge in [-0.2, -0.15) is 0 Å². The van der Waals surface area contributed by atoms with E-state index < -0.39 is 0 Å². The molecule has 1 aliphatic carbocycles. The van der Waals surface area contributed by atoms with E-state index in [0.29, 0.717) is 0 Å². The Bertz CT molecular complexity index is 166. The van der Waals surface area contributed by atoms with Gasteiger partial charge in [0.05, 0.1) is 0 Å². The molecule has 0 radical (unpaired) electrons. The fourth-order valence-corrected chi connectivity index (χ4v) is 0.999. The van der Waals surface area contributed by atoms with E-state index in [1.54, 1.807) is 0 Å². The third-order valence-corrected chi connectivity index (χ3v) is 1.47. The SMILES string of the molecule is CCCC1=CC=C=CC1. The Morgan fingerprint density at radius 2 is 2.56 bits per heavy atom. The lowest BCUT2D eigenvalue weighted by Crippen LogP contribution is -1.81. The Labute approximate surface area is 56.6 Å². The maximum atomic E-state index is 3.05. The third-order valence-electron chi connectivity index (χ3n) is 1.47. The Balaban J connectivity index is 2.45. The second-order valence-electron chi connectivity index (χ2n) is 2.32. The first-order valence-electron chi connectivity index (χ1n) is 3.52. The summed E-state index contributed by atoms with van der Waals surface area (Å²) in [5.74, 6) is 0. The highest BCUT2D eigenvalue weighted by Gasteiger charge is 1.92. The van der Waals surface area contributed by atoms with Gasteiger partial charge in [-0.05, 0) is 25.0 Å². The van der Waals surface area contributed by atoms with Gasteiger partial charge >= 0.3 is 0 Å². The predicted molar refractivity (Wildman–Crippen MR) is 40.3 cm³/mol. The second kappa shape index (κ2) is 3.32. The van der Waals surface area contributed by atoms with Crippen molar-refractivity contribution in [2.24, 2.45) is 0 Å². The minimum Gasteiger partial charge on any atom is -0.125 e. The van der Waals surface area contributed by atoms with Crippen LogP contribution in [0.25, 0.3) is 0 Å². The van der Waals surface area contributed by atoms with Crippen LogP contribution in [0.15, 0.2) is 29.5 Å². The summed E-state index contributed by atoms with van der Waals surface area (Å²) in [6, 6.07) is 0. The summed E-state index contributed by atoms with van der Waals surface area (Å²) >= 11 is 0. The quantitative estimate of drug-likeness (QED) is 0.491. The van der Waals surface area contributed by atoms with Crippen molar-refractivity contribution < 1.29 is 0 Å². The highest BCUT2D eigenvalue weighted by atomic mass is 14.0. The molecule has 0 amide bonds. The van der Waals surface area contributed by atoms with E-state index in [1.165, 1.54) is 18.4 Å². The van der Waals surface area contributed by atoms with Crippen LogP contribution in [0.1, 0.15) is 26.2 Å². The number of allylic oxidation sites excluding steroid dienone is 3. The van der Waals surface area contributed by atoms with Crippen molar-refractivity contribution >= 4 is 0 Å². The molecular weight excluding hydrogens is 108 g/mol. The van der Waals surface area contributed by atoms with Gasteiger partial charge in [0.2, 0.25) is 0 Å². The van der Waals surface area contributed by atoms with Crippen LogP contribution < -0.4 is 0 Å². The minimum absolute atomic E-state index is 1.12. The normalized spacial score (nSPS) is 15.9. The van der Waals surface area contributed by atoms with Crippen molar-refractivity contribution in [1.82, 2.24) is 0 Å². The van der Waals surface area contributed by atoms with E-state index >= 15 is 0 Å². The van der Waals surface area contributed by atoms with Crippen LogP contribution in [0.3, 0.4) is 0 Å². The molecule has 9 heavy (non-hydrogen) atoms. The Morgan fingerprint density at radius 3 is 3.11 bits per heavy atom. The molecule has 0 aliphatic heterocycles. The minimum atomic E-state index is 1.12. The van der Waals surface area contributed by atoms with Crippen molar-refractivity contribution in [1.29, 1.82) is 0 Å². The van der Waals surface area contributed by atoms with Gasteiger partial charge < -0.3 is 0 Å². The summed E-state index contributed by atoms with van der Waals surface area (Å²) in [5, 5.41) is 0. The van der Waals surface area contributed by atoms with Crippen LogP contribution in [-0.2, 0) is 0 Å². The molecule has 0 saturated heterocycles. The summed E-state index contributed by atoms with van der Waals surface area (Å²) in [6.45, 7) is 2.21. The molecule has 48 valence electrons. The van der Waals surface area contributed by atoms with Gasteiger partial charge in [-0.15, -0.1) is 5.73 Å². The maximum absolute atomic E-state index is 3.05. The van der Waals surface area contributed by atoms with Gasteiger partial charge in [0.1, 0.15) is 0 Å². The molecule has 0 atom stereocenters. The van der Waals surface area contributed by atoms with Crippen LogP contribution >= 0.6 is 0 Å².